The highest BCUT2D eigenvalue weighted by molar-refractivity contribution is 5.96. The fourth-order valence-corrected chi connectivity index (χ4v) is 4.07. The van der Waals surface area contributed by atoms with Crippen LogP contribution in [-0.2, 0) is 24.1 Å². The Labute approximate surface area is 241 Å². The van der Waals surface area contributed by atoms with Gasteiger partial charge in [0.1, 0.15) is 17.0 Å². The van der Waals surface area contributed by atoms with E-state index < -0.39 is 29.4 Å². The molecule has 5 aromatic rings. The minimum absolute atomic E-state index is 0.0316. The minimum Gasteiger partial charge on any atom is -0.508 e. The first-order valence-electron chi connectivity index (χ1n) is 12.7. The normalized spacial score (nSPS) is 11.5. The van der Waals surface area contributed by atoms with Gasteiger partial charge in [-0.1, -0.05) is 36.4 Å². The summed E-state index contributed by atoms with van der Waals surface area (Å²) >= 11 is 0. The third kappa shape index (κ3) is 7.45. The molecule has 0 radical (unpaired) electrons. The molecular formula is C31H24F6N2O4. The first-order valence-corrected chi connectivity index (χ1v) is 12.7. The number of rotatable bonds is 5. The molecule has 0 saturated heterocycles. The number of benzene rings is 4. The molecule has 1 heterocycles. The molecule has 0 amide bonds. The molecule has 1 N–H and O–H groups in total. The third-order valence-electron chi connectivity index (χ3n) is 6.10. The molecule has 0 atom stereocenters. The molecule has 0 aliphatic rings. The number of imidazole rings is 1. The van der Waals surface area contributed by atoms with Crippen LogP contribution in [-0.4, -0.2) is 27.2 Å². The number of carbonyl (C=O) groups excluding carboxylic acids is 1. The summed E-state index contributed by atoms with van der Waals surface area (Å²) in [6.45, 7) is 2.01. The number of nitrogens with zero attached hydrogens (tertiary/aromatic N) is 2. The summed E-state index contributed by atoms with van der Waals surface area (Å²) in [5.41, 5.74) is 1.61. The number of esters is 1. The van der Waals surface area contributed by atoms with Gasteiger partial charge in [0.25, 0.3) is 0 Å². The van der Waals surface area contributed by atoms with Gasteiger partial charge in [0.05, 0.1) is 28.8 Å². The lowest BCUT2D eigenvalue weighted by Gasteiger charge is -2.09. The average molecular weight is 603 g/mol. The summed E-state index contributed by atoms with van der Waals surface area (Å²) in [5, 5.41) is 8.68. The summed E-state index contributed by atoms with van der Waals surface area (Å²) in [5.74, 6) is -0.764. The Kier molecular flexibility index (Phi) is 8.98. The van der Waals surface area contributed by atoms with Crippen LogP contribution in [0.4, 0.5) is 26.3 Å². The molecule has 0 unspecified atom stereocenters. The van der Waals surface area contributed by atoms with Gasteiger partial charge in [0, 0.05) is 12.6 Å². The van der Waals surface area contributed by atoms with Crippen molar-refractivity contribution in [3.05, 3.63) is 108 Å². The summed E-state index contributed by atoms with van der Waals surface area (Å²) < 4.78 is 87.1. The number of phenols is 1. The number of halogens is 6. The van der Waals surface area contributed by atoms with E-state index in [1.807, 2.05) is 24.3 Å². The number of hydrogen-bond donors (Lipinski definition) is 1. The number of aryl methyl sites for hydroxylation is 1. The predicted octanol–water partition coefficient (Wildman–Crippen LogP) is 8.64. The van der Waals surface area contributed by atoms with E-state index in [4.69, 9.17) is 14.6 Å². The number of alkyl halides is 6. The maximum absolute atomic E-state index is 13.0. The van der Waals surface area contributed by atoms with E-state index in [0.717, 1.165) is 40.9 Å². The van der Waals surface area contributed by atoms with Gasteiger partial charge in [-0.15, -0.1) is 0 Å². The van der Waals surface area contributed by atoms with Gasteiger partial charge >= 0.3 is 24.3 Å². The number of carbonyl (C=O) groups is 1. The first-order chi connectivity index (χ1) is 20.3. The quantitative estimate of drug-likeness (QED) is 0.161. The van der Waals surface area contributed by atoms with E-state index in [1.54, 1.807) is 36.7 Å². The number of aromatic nitrogens is 2. The lowest BCUT2D eigenvalue weighted by Crippen LogP contribution is -2.04. The van der Waals surface area contributed by atoms with E-state index in [2.05, 4.69) is 4.98 Å². The Bertz CT molecular complexity index is 1740. The highest BCUT2D eigenvalue weighted by Gasteiger charge is 2.31. The predicted molar refractivity (Wildman–Crippen MR) is 147 cm³/mol. The Balaban J connectivity index is 0.000000324. The van der Waals surface area contributed by atoms with Gasteiger partial charge in [-0.2, -0.15) is 31.3 Å². The van der Waals surface area contributed by atoms with Crippen LogP contribution in [0, 0.1) is 0 Å². The molecule has 0 fully saturated rings. The third-order valence-corrected chi connectivity index (χ3v) is 6.10. The maximum atomic E-state index is 13.0. The number of hydrogen-bond acceptors (Lipinski definition) is 5. The van der Waals surface area contributed by atoms with Gasteiger partial charge in [-0.25, -0.2) is 4.79 Å². The number of fused-ring (bicyclic) bond motifs is 1. The Morgan fingerprint density at radius 3 is 2.09 bits per heavy atom. The van der Waals surface area contributed by atoms with Crippen LogP contribution in [0.3, 0.4) is 0 Å². The molecule has 0 aliphatic heterocycles. The Morgan fingerprint density at radius 1 is 0.837 bits per heavy atom. The average Bonchev–Trinajstić information content (AvgIpc) is 3.27. The fourth-order valence-electron chi connectivity index (χ4n) is 4.07. The van der Waals surface area contributed by atoms with E-state index in [9.17, 15) is 31.1 Å². The molecule has 224 valence electrons. The van der Waals surface area contributed by atoms with Crippen molar-refractivity contribution in [2.75, 3.05) is 6.61 Å². The van der Waals surface area contributed by atoms with Crippen LogP contribution < -0.4 is 4.74 Å². The smallest absolute Gasteiger partial charge is 0.416 e. The van der Waals surface area contributed by atoms with Crippen LogP contribution in [0.25, 0.3) is 22.2 Å². The minimum atomic E-state index is -4.47. The molecule has 6 nitrogen and oxygen atoms in total. The zero-order valence-electron chi connectivity index (χ0n) is 22.7. The van der Waals surface area contributed by atoms with Crippen LogP contribution in [0.5, 0.6) is 17.5 Å². The molecule has 0 saturated carbocycles. The zero-order valence-corrected chi connectivity index (χ0v) is 22.7. The number of phenolic OH excluding ortho intramolecular Hbond substituents is 1. The molecule has 12 heteroatoms. The van der Waals surface area contributed by atoms with Crippen molar-refractivity contribution >= 4 is 17.0 Å². The molecular weight excluding hydrogens is 578 g/mol. The molecule has 0 bridgehead atoms. The Morgan fingerprint density at radius 2 is 1.47 bits per heavy atom. The number of aromatic hydroxyl groups is 1. The van der Waals surface area contributed by atoms with Gasteiger partial charge in [0.2, 0.25) is 0 Å². The monoisotopic (exact) mass is 602 g/mol. The van der Waals surface area contributed by atoms with Crippen molar-refractivity contribution in [1.82, 2.24) is 9.55 Å². The molecule has 4 aromatic carbocycles. The van der Waals surface area contributed by atoms with Crippen LogP contribution in [0.2, 0.25) is 0 Å². The molecule has 1 aromatic heterocycles. The van der Waals surface area contributed by atoms with Crippen molar-refractivity contribution in [2.45, 2.75) is 19.3 Å². The maximum Gasteiger partial charge on any atom is 0.416 e. The SMILES string of the molecule is CCOC(=O)c1cccc(-c2cccc3c2nc(Oc2cccc(C(F)(F)F)c2)n3C)c1.Oc1cccc(C(F)(F)F)c1. The van der Waals surface area contributed by atoms with Gasteiger partial charge < -0.3 is 14.6 Å². The van der Waals surface area contributed by atoms with Gasteiger partial charge in [-0.3, -0.25) is 4.57 Å². The highest BCUT2D eigenvalue weighted by atomic mass is 19.4. The largest absolute Gasteiger partial charge is 0.508 e. The van der Waals surface area contributed by atoms with E-state index in [1.165, 1.54) is 18.2 Å². The highest BCUT2D eigenvalue weighted by Crippen LogP contribution is 2.35. The summed E-state index contributed by atoms with van der Waals surface area (Å²) in [6.07, 6.45) is -8.85. The lowest BCUT2D eigenvalue weighted by molar-refractivity contribution is -0.138. The van der Waals surface area contributed by atoms with E-state index in [-0.39, 0.29) is 24.1 Å². The summed E-state index contributed by atoms with van der Waals surface area (Å²) in [4.78, 5) is 16.6. The standard InChI is InChI=1S/C24H19F3N2O3.C7H5F3O/c1-3-31-22(30)16-8-4-7-15(13-16)19-11-6-12-20-21(19)28-23(29(20)2)32-18-10-5-9-17(14-18)24(25,26)27;8-7(9,10)5-2-1-3-6(11)4-5/h4-14H,3H2,1-2H3;1-4,11H. The van der Waals surface area contributed by atoms with Crippen molar-refractivity contribution < 1.29 is 45.7 Å². The topological polar surface area (TPSA) is 73.6 Å². The second-order valence-corrected chi connectivity index (χ2v) is 9.10. The molecule has 43 heavy (non-hydrogen) atoms. The van der Waals surface area contributed by atoms with Crippen LogP contribution in [0.15, 0.2) is 91.0 Å². The first kappa shape index (κ1) is 30.9. The lowest BCUT2D eigenvalue weighted by atomic mass is 10.0. The van der Waals surface area contributed by atoms with Crippen LogP contribution >= 0.6 is 0 Å². The summed E-state index contributed by atoms with van der Waals surface area (Å²) in [6, 6.07) is 21.2. The fraction of sp³-hybridized carbons (Fsp3) is 0.161. The van der Waals surface area contributed by atoms with Crippen molar-refractivity contribution in [3.63, 3.8) is 0 Å². The molecule has 0 aliphatic carbocycles. The van der Waals surface area contributed by atoms with E-state index in [0.29, 0.717) is 17.1 Å². The molecule has 5 rings (SSSR count). The second kappa shape index (κ2) is 12.5. The Hall–Kier alpha value is -5.00. The van der Waals surface area contributed by atoms with Gasteiger partial charge in [-0.05, 0) is 67.1 Å². The zero-order chi connectivity index (χ0) is 31.4. The van der Waals surface area contributed by atoms with Crippen LogP contribution in [0.1, 0.15) is 28.4 Å². The molecule has 0 spiro atoms. The van der Waals surface area contributed by atoms with Crippen molar-refractivity contribution in [1.29, 1.82) is 0 Å². The van der Waals surface area contributed by atoms with Gasteiger partial charge in [0.15, 0.2) is 0 Å². The van der Waals surface area contributed by atoms with Crippen molar-refractivity contribution in [2.24, 2.45) is 7.05 Å². The second-order valence-electron chi connectivity index (χ2n) is 9.10. The summed E-state index contributed by atoms with van der Waals surface area (Å²) in [7, 11) is 1.72. The van der Waals surface area contributed by atoms with E-state index >= 15 is 0 Å². The number of para-hydroxylation sites is 1. The van der Waals surface area contributed by atoms with Crippen molar-refractivity contribution in [3.8, 4) is 28.6 Å². The number of ether oxygens (including phenoxy) is 2.